The fraction of sp³-hybridized carbons (Fsp3) is 0.188. The molecule has 0 aliphatic carbocycles. The zero-order valence-electron chi connectivity index (χ0n) is 10.8. The van der Waals surface area contributed by atoms with Gasteiger partial charge in [-0.3, -0.25) is 0 Å². The summed E-state index contributed by atoms with van der Waals surface area (Å²) < 4.78 is 2.08. The molecule has 3 heteroatoms. The number of nitrogens with zero attached hydrogens (tertiary/aromatic N) is 2. The first-order chi connectivity index (χ1) is 9.25. The summed E-state index contributed by atoms with van der Waals surface area (Å²) >= 11 is 0. The highest BCUT2D eigenvalue weighted by atomic mass is 16.3. The molecule has 0 bridgehead atoms. The normalized spacial score (nSPS) is 12.7. The average Bonchev–Trinajstić information content (AvgIpc) is 2.79. The Morgan fingerprint density at radius 3 is 2.47 bits per heavy atom. The van der Waals surface area contributed by atoms with E-state index >= 15 is 0 Å². The Morgan fingerprint density at radius 2 is 1.74 bits per heavy atom. The first-order valence-electron chi connectivity index (χ1n) is 6.43. The smallest absolute Gasteiger partial charge is 0.138 e. The molecular weight excluding hydrogens is 236 g/mol. The van der Waals surface area contributed by atoms with Crippen LogP contribution in [0, 0.1) is 0 Å². The fourth-order valence-corrected chi connectivity index (χ4v) is 2.35. The minimum absolute atomic E-state index is 0.573. The Morgan fingerprint density at radius 1 is 1.05 bits per heavy atom. The highest BCUT2D eigenvalue weighted by molar-refractivity contribution is 5.76. The van der Waals surface area contributed by atoms with Crippen LogP contribution in [0.3, 0.4) is 0 Å². The van der Waals surface area contributed by atoms with Crippen LogP contribution in [0.5, 0.6) is 0 Å². The largest absolute Gasteiger partial charge is 0.385 e. The molecule has 0 unspecified atom stereocenters. The van der Waals surface area contributed by atoms with Crippen LogP contribution >= 0.6 is 0 Å². The number of aliphatic hydroxyl groups excluding tert-OH is 1. The van der Waals surface area contributed by atoms with Crippen molar-refractivity contribution in [2.45, 2.75) is 19.6 Å². The van der Waals surface area contributed by atoms with Crippen molar-refractivity contribution in [2.24, 2.45) is 0 Å². The summed E-state index contributed by atoms with van der Waals surface area (Å²) in [5.74, 6) is 0.713. The molecule has 3 rings (SSSR count). The van der Waals surface area contributed by atoms with Crippen LogP contribution in [0.15, 0.2) is 54.6 Å². The third kappa shape index (κ3) is 2.25. The van der Waals surface area contributed by atoms with Gasteiger partial charge in [-0.1, -0.05) is 42.5 Å². The molecule has 0 aliphatic heterocycles. The maximum Gasteiger partial charge on any atom is 0.138 e. The number of aromatic nitrogens is 2. The van der Waals surface area contributed by atoms with Crippen LogP contribution < -0.4 is 0 Å². The summed E-state index contributed by atoms with van der Waals surface area (Å²) in [7, 11) is 0. The van der Waals surface area contributed by atoms with Gasteiger partial charge in [0.1, 0.15) is 11.9 Å². The second-order valence-corrected chi connectivity index (χ2v) is 4.71. The van der Waals surface area contributed by atoms with Gasteiger partial charge in [0.05, 0.1) is 11.0 Å². The maximum absolute atomic E-state index is 9.90. The lowest BCUT2D eigenvalue weighted by molar-refractivity contribution is 0.185. The number of para-hydroxylation sites is 2. The lowest BCUT2D eigenvalue weighted by Crippen LogP contribution is -2.07. The third-order valence-corrected chi connectivity index (χ3v) is 3.24. The first-order valence-corrected chi connectivity index (χ1v) is 6.43. The van der Waals surface area contributed by atoms with Gasteiger partial charge in [-0.2, -0.15) is 0 Å². The Hall–Kier alpha value is -2.13. The molecule has 0 fully saturated rings. The van der Waals surface area contributed by atoms with Crippen LogP contribution in [0.25, 0.3) is 11.0 Å². The van der Waals surface area contributed by atoms with Gasteiger partial charge < -0.3 is 9.67 Å². The summed E-state index contributed by atoms with van der Waals surface area (Å²) in [5, 5.41) is 9.90. The van der Waals surface area contributed by atoms with Crippen molar-refractivity contribution in [1.82, 2.24) is 9.55 Å². The van der Waals surface area contributed by atoms with Gasteiger partial charge in [-0.15, -0.1) is 0 Å². The van der Waals surface area contributed by atoms with Crippen molar-refractivity contribution in [3.63, 3.8) is 0 Å². The van der Waals surface area contributed by atoms with E-state index in [0.29, 0.717) is 5.82 Å². The quantitative estimate of drug-likeness (QED) is 0.777. The van der Waals surface area contributed by atoms with Gasteiger partial charge in [0, 0.05) is 6.54 Å². The van der Waals surface area contributed by atoms with E-state index in [-0.39, 0.29) is 0 Å². The summed E-state index contributed by atoms with van der Waals surface area (Å²) in [5.41, 5.74) is 3.18. The fourth-order valence-electron chi connectivity index (χ4n) is 2.35. The van der Waals surface area contributed by atoms with Gasteiger partial charge in [0.2, 0.25) is 0 Å². The molecule has 1 heterocycles. The van der Waals surface area contributed by atoms with Crippen LogP contribution in [-0.2, 0) is 6.54 Å². The summed E-state index contributed by atoms with van der Waals surface area (Å²) in [6.45, 7) is 2.48. The molecule has 96 valence electrons. The van der Waals surface area contributed by atoms with E-state index in [9.17, 15) is 5.11 Å². The van der Waals surface area contributed by atoms with Crippen molar-refractivity contribution in [2.75, 3.05) is 0 Å². The molecule has 3 aromatic rings. The molecule has 0 saturated carbocycles. The molecule has 2 aromatic carbocycles. The zero-order valence-corrected chi connectivity index (χ0v) is 10.8. The van der Waals surface area contributed by atoms with Crippen molar-refractivity contribution in [1.29, 1.82) is 0 Å². The van der Waals surface area contributed by atoms with E-state index in [1.54, 1.807) is 6.92 Å². The molecule has 1 aromatic heterocycles. The van der Waals surface area contributed by atoms with E-state index in [4.69, 9.17) is 0 Å². The molecule has 0 amide bonds. The number of aliphatic hydroxyl groups is 1. The van der Waals surface area contributed by atoms with Gasteiger partial charge in [-0.25, -0.2) is 4.98 Å². The number of benzene rings is 2. The Balaban J connectivity index is 2.12. The van der Waals surface area contributed by atoms with Gasteiger partial charge in [-0.05, 0) is 24.6 Å². The number of imidazole rings is 1. The number of hydrogen-bond donors (Lipinski definition) is 1. The number of hydrogen-bond acceptors (Lipinski definition) is 2. The van der Waals surface area contributed by atoms with Crippen LogP contribution in [0.1, 0.15) is 24.4 Å². The van der Waals surface area contributed by atoms with E-state index in [1.165, 1.54) is 5.56 Å². The van der Waals surface area contributed by atoms with E-state index in [2.05, 4.69) is 21.7 Å². The molecule has 3 nitrogen and oxygen atoms in total. The predicted octanol–water partition coefficient (Wildman–Crippen LogP) is 3.14. The molecule has 1 atom stereocenters. The Bertz CT molecular complexity index is 686. The zero-order chi connectivity index (χ0) is 13.2. The molecule has 1 N–H and O–H groups in total. The van der Waals surface area contributed by atoms with Crippen molar-refractivity contribution < 1.29 is 5.11 Å². The van der Waals surface area contributed by atoms with Gasteiger partial charge >= 0.3 is 0 Å². The SMILES string of the molecule is C[C@@H](O)c1nc2ccccc2n1Cc1ccccc1. The average molecular weight is 252 g/mol. The second kappa shape index (κ2) is 4.86. The third-order valence-electron chi connectivity index (χ3n) is 3.24. The summed E-state index contributed by atoms with van der Waals surface area (Å²) in [6.07, 6.45) is -0.573. The van der Waals surface area contributed by atoms with E-state index < -0.39 is 6.10 Å². The van der Waals surface area contributed by atoms with Crippen molar-refractivity contribution >= 4 is 11.0 Å². The number of rotatable bonds is 3. The summed E-state index contributed by atoms with van der Waals surface area (Å²) in [4.78, 5) is 4.52. The predicted molar refractivity (Wildman–Crippen MR) is 75.9 cm³/mol. The van der Waals surface area contributed by atoms with E-state index in [1.807, 2.05) is 42.5 Å². The number of fused-ring (bicyclic) bond motifs is 1. The van der Waals surface area contributed by atoms with E-state index in [0.717, 1.165) is 17.6 Å². The molecule has 0 saturated heterocycles. The second-order valence-electron chi connectivity index (χ2n) is 4.71. The summed E-state index contributed by atoms with van der Waals surface area (Å²) in [6, 6.07) is 18.2. The molecule has 0 aliphatic rings. The van der Waals surface area contributed by atoms with Gasteiger partial charge in [0.25, 0.3) is 0 Å². The van der Waals surface area contributed by atoms with Gasteiger partial charge in [0.15, 0.2) is 0 Å². The maximum atomic E-state index is 9.90. The first kappa shape index (κ1) is 11.9. The van der Waals surface area contributed by atoms with Crippen LogP contribution in [-0.4, -0.2) is 14.7 Å². The van der Waals surface area contributed by atoms with Crippen LogP contribution in [0.4, 0.5) is 0 Å². The molecule has 19 heavy (non-hydrogen) atoms. The topological polar surface area (TPSA) is 38.1 Å². The Kier molecular flexibility index (Phi) is 3.05. The van der Waals surface area contributed by atoms with Crippen molar-refractivity contribution in [3.8, 4) is 0 Å². The molecule has 0 spiro atoms. The van der Waals surface area contributed by atoms with Crippen LogP contribution in [0.2, 0.25) is 0 Å². The molecule has 0 radical (unpaired) electrons. The monoisotopic (exact) mass is 252 g/mol. The van der Waals surface area contributed by atoms with Crippen molar-refractivity contribution in [3.05, 3.63) is 66.0 Å². The highest BCUT2D eigenvalue weighted by Gasteiger charge is 2.14. The lowest BCUT2D eigenvalue weighted by Gasteiger charge is -2.11. The standard InChI is InChI=1S/C16H16N2O/c1-12(19)16-17-14-9-5-6-10-15(14)18(16)11-13-7-3-2-4-8-13/h2-10,12,19H,11H2,1H3/t12-/m1/s1. The Labute approximate surface area is 112 Å². The minimum Gasteiger partial charge on any atom is -0.385 e. The minimum atomic E-state index is -0.573. The molecular formula is C16H16N2O. The highest BCUT2D eigenvalue weighted by Crippen LogP contribution is 2.21. The lowest BCUT2D eigenvalue weighted by atomic mass is 10.2.